The molecule has 8 heteroatoms. The van der Waals surface area contributed by atoms with E-state index in [4.69, 9.17) is 4.74 Å². The lowest BCUT2D eigenvalue weighted by molar-refractivity contribution is -0.111. The smallest absolute Gasteiger partial charge is 0.250 e. The number of rotatable bonds is 6. The Balaban J connectivity index is 1.42. The van der Waals surface area contributed by atoms with Gasteiger partial charge < -0.3 is 10.1 Å². The van der Waals surface area contributed by atoms with E-state index < -0.39 is 5.91 Å². The van der Waals surface area contributed by atoms with Crippen LogP contribution in [0.4, 0.5) is 16.3 Å². The van der Waals surface area contributed by atoms with Crippen LogP contribution in [0.15, 0.2) is 91.0 Å². The zero-order valence-electron chi connectivity index (χ0n) is 18.9. The highest BCUT2D eigenvalue weighted by Gasteiger charge is 2.25. The monoisotopic (exact) mass is 467 g/mol. The molecule has 5 rings (SSSR count). The van der Waals surface area contributed by atoms with Crippen LogP contribution in [0.1, 0.15) is 22.7 Å². The zero-order chi connectivity index (χ0) is 24.2. The third-order valence-corrected chi connectivity index (χ3v) is 5.54. The predicted octanol–water partition coefficient (Wildman–Crippen LogP) is 5.13. The highest BCUT2D eigenvalue weighted by molar-refractivity contribution is 6.01. The average Bonchev–Trinajstić information content (AvgIpc) is 3.30. The third kappa shape index (κ3) is 4.96. The molecule has 0 aliphatic carbocycles. The van der Waals surface area contributed by atoms with E-state index >= 15 is 0 Å². The maximum Gasteiger partial charge on any atom is 0.250 e. The average molecular weight is 468 g/mol. The first-order chi connectivity index (χ1) is 17.1. The van der Waals surface area contributed by atoms with Crippen LogP contribution in [0, 0.1) is 5.82 Å². The van der Waals surface area contributed by atoms with Gasteiger partial charge in [0.05, 0.1) is 7.11 Å². The van der Waals surface area contributed by atoms with Gasteiger partial charge in [-0.1, -0.05) is 54.6 Å². The van der Waals surface area contributed by atoms with E-state index in [9.17, 15) is 9.18 Å². The number of amides is 1. The van der Waals surface area contributed by atoms with Crippen LogP contribution in [0.5, 0.6) is 5.75 Å². The van der Waals surface area contributed by atoms with Crippen LogP contribution in [0.2, 0.25) is 0 Å². The molecule has 0 unspecified atom stereocenters. The quantitative estimate of drug-likeness (QED) is 0.384. The Morgan fingerprint density at radius 3 is 2.51 bits per heavy atom. The first-order valence-electron chi connectivity index (χ1n) is 11.0. The molecular weight excluding hydrogens is 445 g/mol. The summed E-state index contributed by atoms with van der Waals surface area (Å²) in [6, 6.07) is 23.3. The number of benzene rings is 3. The molecule has 0 saturated heterocycles. The summed E-state index contributed by atoms with van der Waals surface area (Å²) >= 11 is 0. The summed E-state index contributed by atoms with van der Waals surface area (Å²) in [5.74, 6) is 0.707. The minimum atomic E-state index is -0.394. The number of aromatic nitrogens is 3. The fraction of sp³-hybridized carbons (Fsp3) is 0.0741. The highest BCUT2D eigenvalue weighted by Crippen LogP contribution is 2.33. The van der Waals surface area contributed by atoms with E-state index in [0.29, 0.717) is 11.5 Å². The van der Waals surface area contributed by atoms with E-state index in [-0.39, 0.29) is 17.8 Å². The Hall–Kier alpha value is -4.72. The topological polar surface area (TPSA) is 81.1 Å². The summed E-state index contributed by atoms with van der Waals surface area (Å²) in [7, 11) is 1.63. The van der Waals surface area contributed by atoms with E-state index in [2.05, 4.69) is 26.8 Å². The van der Waals surface area contributed by atoms with E-state index in [1.807, 2.05) is 54.6 Å². The van der Waals surface area contributed by atoms with Gasteiger partial charge in [0.25, 0.3) is 11.9 Å². The van der Waals surface area contributed by atoms with Gasteiger partial charge >= 0.3 is 0 Å². The SMILES string of the molecule is COc1ccc([C@H]2C=C(c3ccccc3)Nc3nc(NC(=O)/C=C/c4ccc(F)cc4)nn32)cc1. The first-order valence-corrected chi connectivity index (χ1v) is 11.0. The van der Waals surface area contributed by atoms with Gasteiger partial charge in [0, 0.05) is 11.8 Å². The first kappa shape index (κ1) is 22.1. The van der Waals surface area contributed by atoms with E-state index in [1.54, 1.807) is 30.0 Å². The number of fused-ring (bicyclic) bond motifs is 1. The molecule has 7 nitrogen and oxygen atoms in total. The van der Waals surface area contributed by atoms with Crippen LogP contribution < -0.4 is 15.4 Å². The molecule has 4 aromatic rings. The number of nitrogens with zero attached hydrogens (tertiary/aromatic N) is 3. The molecule has 0 bridgehead atoms. The molecule has 1 atom stereocenters. The summed E-state index contributed by atoms with van der Waals surface area (Å²) < 4.78 is 20.1. The molecule has 0 fully saturated rings. The standard InChI is InChI=1S/C27H22FN5O2/c1-35-22-14-10-20(11-15-22)24-17-23(19-5-3-2-4-6-19)29-27-31-26(32-33(24)27)30-25(34)16-9-18-7-12-21(28)13-8-18/h2-17,24H,1H3,(H2,29,30,31,32,34)/b16-9+/t24-/m1/s1. The number of anilines is 2. The molecule has 35 heavy (non-hydrogen) atoms. The van der Waals surface area contributed by atoms with Crippen LogP contribution in [-0.4, -0.2) is 27.8 Å². The summed E-state index contributed by atoms with van der Waals surface area (Å²) in [5, 5.41) is 10.6. The van der Waals surface area contributed by atoms with Crippen molar-refractivity contribution in [3.8, 4) is 5.75 Å². The molecule has 3 aromatic carbocycles. The van der Waals surface area contributed by atoms with Gasteiger partial charge in [0.2, 0.25) is 5.95 Å². The number of hydrogen-bond donors (Lipinski definition) is 2. The van der Waals surface area contributed by atoms with Crippen molar-refractivity contribution in [2.24, 2.45) is 0 Å². The second-order valence-electron chi connectivity index (χ2n) is 7.87. The number of hydrogen-bond acceptors (Lipinski definition) is 5. The van der Waals surface area contributed by atoms with Gasteiger partial charge in [-0.2, -0.15) is 4.98 Å². The number of halogens is 1. The lowest BCUT2D eigenvalue weighted by Crippen LogP contribution is -2.20. The fourth-order valence-electron chi connectivity index (χ4n) is 3.77. The Labute approximate surface area is 201 Å². The molecule has 1 aliphatic heterocycles. The molecular formula is C27H22FN5O2. The highest BCUT2D eigenvalue weighted by atomic mass is 19.1. The summed E-state index contributed by atoms with van der Waals surface area (Å²) in [6.07, 6.45) is 5.02. The van der Waals surface area contributed by atoms with Crippen LogP contribution in [0.3, 0.4) is 0 Å². The van der Waals surface area contributed by atoms with Crippen LogP contribution >= 0.6 is 0 Å². The Morgan fingerprint density at radius 1 is 1.06 bits per heavy atom. The van der Waals surface area contributed by atoms with Crippen molar-refractivity contribution in [2.75, 3.05) is 17.7 Å². The maximum absolute atomic E-state index is 13.1. The van der Waals surface area contributed by atoms with Crippen molar-refractivity contribution in [3.05, 3.63) is 114 Å². The largest absolute Gasteiger partial charge is 0.497 e. The fourth-order valence-corrected chi connectivity index (χ4v) is 3.77. The van der Waals surface area contributed by atoms with Crippen molar-refractivity contribution < 1.29 is 13.9 Å². The minimum absolute atomic E-state index is 0.169. The Kier molecular flexibility index (Phi) is 6.09. The van der Waals surface area contributed by atoms with Gasteiger partial charge in [0.1, 0.15) is 17.6 Å². The molecule has 2 heterocycles. The molecule has 1 amide bonds. The van der Waals surface area contributed by atoms with Crippen molar-refractivity contribution in [1.29, 1.82) is 0 Å². The molecule has 1 aromatic heterocycles. The second-order valence-corrected chi connectivity index (χ2v) is 7.87. The van der Waals surface area contributed by atoms with Crippen LogP contribution in [0.25, 0.3) is 11.8 Å². The number of ether oxygens (including phenoxy) is 1. The van der Waals surface area contributed by atoms with Crippen molar-refractivity contribution in [3.63, 3.8) is 0 Å². The van der Waals surface area contributed by atoms with Gasteiger partial charge in [-0.3, -0.25) is 10.1 Å². The number of carbonyl (C=O) groups is 1. The molecule has 1 aliphatic rings. The van der Waals surface area contributed by atoms with E-state index in [1.165, 1.54) is 18.2 Å². The summed E-state index contributed by atoms with van der Waals surface area (Å²) in [6.45, 7) is 0. The van der Waals surface area contributed by atoms with Gasteiger partial charge in [-0.05, 0) is 53.1 Å². The third-order valence-electron chi connectivity index (χ3n) is 5.54. The van der Waals surface area contributed by atoms with Gasteiger partial charge in [-0.25, -0.2) is 9.07 Å². The number of methoxy groups -OCH3 is 1. The molecule has 0 radical (unpaired) electrons. The summed E-state index contributed by atoms with van der Waals surface area (Å²) in [5.41, 5.74) is 3.59. The molecule has 174 valence electrons. The number of allylic oxidation sites excluding steroid dienone is 1. The second kappa shape index (κ2) is 9.64. The van der Waals surface area contributed by atoms with Gasteiger partial charge in [-0.15, -0.1) is 5.10 Å². The molecule has 0 saturated carbocycles. The number of carbonyl (C=O) groups excluding carboxylic acids is 1. The lowest BCUT2D eigenvalue weighted by Gasteiger charge is -2.24. The van der Waals surface area contributed by atoms with Crippen molar-refractivity contribution in [1.82, 2.24) is 14.8 Å². The normalized spacial score (nSPS) is 14.7. The number of nitrogens with one attached hydrogen (secondary N) is 2. The minimum Gasteiger partial charge on any atom is -0.497 e. The molecule has 2 N–H and O–H groups in total. The predicted molar refractivity (Wildman–Crippen MR) is 133 cm³/mol. The van der Waals surface area contributed by atoms with Crippen molar-refractivity contribution in [2.45, 2.75) is 6.04 Å². The molecule has 0 spiro atoms. The van der Waals surface area contributed by atoms with Gasteiger partial charge in [0.15, 0.2) is 0 Å². The summed E-state index contributed by atoms with van der Waals surface area (Å²) in [4.78, 5) is 17.0. The maximum atomic E-state index is 13.1. The van der Waals surface area contributed by atoms with E-state index in [0.717, 1.165) is 22.6 Å². The Morgan fingerprint density at radius 2 is 1.80 bits per heavy atom. The zero-order valence-corrected chi connectivity index (χ0v) is 18.9. The lowest BCUT2D eigenvalue weighted by atomic mass is 10.0. The Bertz CT molecular complexity index is 1390. The van der Waals surface area contributed by atoms with Crippen LogP contribution in [-0.2, 0) is 4.79 Å². The van der Waals surface area contributed by atoms with Crippen molar-refractivity contribution >= 4 is 29.6 Å².